The van der Waals surface area contributed by atoms with Crippen molar-refractivity contribution in [3.63, 3.8) is 0 Å². The van der Waals surface area contributed by atoms with E-state index in [2.05, 4.69) is 24.8 Å². The Morgan fingerprint density at radius 3 is 2.38 bits per heavy atom. The predicted molar refractivity (Wildman–Crippen MR) is 86.0 cm³/mol. The molecule has 120 valence electrons. The highest BCUT2D eigenvalue weighted by Gasteiger charge is 2.12. The van der Waals surface area contributed by atoms with Crippen LogP contribution in [0.2, 0.25) is 0 Å². The highest BCUT2D eigenvalue weighted by molar-refractivity contribution is 5.42. The van der Waals surface area contributed by atoms with Gasteiger partial charge in [0.05, 0.1) is 20.3 Å². The highest BCUT2D eigenvalue weighted by Crippen LogP contribution is 2.28. The van der Waals surface area contributed by atoms with Crippen LogP contribution in [0.5, 0.6) is 11.5 Å². The van der Waals surface area contributed by atoms with Crippen molar-refractivity contribution in [2.45, 2.75) is 45.8 Å². The van der Waals surface area contributed by atoms with E-state index in [-0.39, 0.29) is 6.10 Å². The lowest BCUT2D eigenvalue weighted by Gasteiger charge is -2.25. The average molecular weight is 295 g/mol. The maximum atomic E-state index is 10.0. The molecular formula is C17H29NO3. The van der Waals surface area contributed by atoms with E-state index in [4.69, 9.17) is 9.47 Å². The molecule has 0 saturated carbocycles. The van der Waals surface area contributed by atoms with Gasteiger partial charge in [0, 0.05) is 13.1 Å². The van der Waals surface area contributed by atoms with E-state index in [0.717, 1.165) is 50.4 Å². The second-order valence-corrected chi connectivity index (χ2v) is 5.37. The second kappa shape index (κ2) is 9.64. The first-order valence-corrected chi connectivity index (χ1v) is 7.75. The first-order chi connectivity index (χ1) is 10.1. The summed E-state index contributed by atoms with van der Waals surface area (Å²) in [6.07, 6.45) is 2.69. The Kier molecular flexibility index (Phi) is 8.16. The molecule has 0 fully saturated rings. The Hall–Kier alpha value is -1.26. The van der Waals surface area contributed by atoms with Gasteiger partial charge in [0.2, 0.25) is 0 Å². The summed E-state index contributed by atoms with van der Waals surface area (Å²) in [5.74, 6) is 1.50. The fourth-order valence-electron chi connectivity index (χ4n) is 2.51. The zero-order chi connectivity index (χ0) is 15.7. The molecule has 1 atom stereocenters. The minimum Gasteiger partial charge on any atom is -0.493 e. The van der Waals surface area contributed by atoms with Crippen molar-refractivity contribution in [3.05, 3.63) is 23.8 Å². The number of ether oxygens (including phenoxy) is 2. The minimum atomic E-state index is -0.248. The first kappa shape index (κ1) is 17.8. The Bertz CT molecular complexity index is 409. The van der Waals surface area contributed by atoms with Gasteiger partial charge in [-0.15, -0.1) is 0 Å². The highest BCUT2D eigenvalue weighted by atomic mass is 16.5. The molecule has 1 unspecified atom stereocenters. The third-order valence-electron chi connectivity index (χ3n) is 3.48. The summed E-state index contributed by atoms with van der Waals surface area (Å²) in [5, 5.41) is 10.0. The largest absolute Gasteiger partial charge is 0.493 e. The molecule has 0 aliphatic heterocycles. The van der Waals surface area contributed by atoms with Crippen molar-refractivity contribution in [3.8, 4) is 11.5 Å². The van der Waals surface area contributed by atoms with Crippen LogP contribution in [0.25, 0.3) is 0 Å². The molecule has 1 aromatic carbocycles. The van der Waals surface area contributed by atoms with Gasteiger partial charge >= 0.3 is 0 Å². The molecule has 1 rings (SSSR count). The van der Waals surface area contributed by atoms with E-state index < -0.39 is 0 Å². The molecular weight excluding hydrogens is 266 g/mol. The maximum absolute atomic E-state index is 10.0. The van der Waals surface area contributed by atoms with Crippen molar-refractivity contribution in [2.75, 3.05) is 27.3 Å². The SMILES string of the molecule is CCCC(O)CN(CCC)Cc1ccc(OC)c(OC)c1. The van der Waals surface area contributed by atoms with E-state index in [1.165, 1.54) is 5.56 Å². The van der Waals surface area contributed by atoms with Crippen molar-refractivity contribution < 1.29 is 14.6 Å². The lowest BCUT2D eigenvalue weighted by molar-refractivity contribution is 0.101. The summed E-state index contributed by atoms with van der Waals surface area (Å²) in [4.78, 5) is 2.29. The van der Waals surface area contributed by atoms with Gasteiger partial charge < -0.3 is 14.6 Å². The molecule has 0 saturated heterocycles. The van der Waals surface area contributed by atoms with Crippen LogP contribution in [0.4, 0.5) is 0 Å². The Morgan fingerprint density at radius 1 is 1.10 bits per heavy atom. The summed E-state index contributed by atoms with van der Waals surface area (Å²) < 4.78 is 10.6. The van der Waals surface area contributed by atoms with Crippen LogP contribution < -0.4 is 9.47 Å². The molecule has 1 N–H and O–H groups in total. The minimum absolute atomic E-state index is 0.248. The van der Waals surface area contributed by atoms with Crippen LogP contribution in [-0.2, 0) is 6.54 Å². The fraction of sp³-hybridized carbons (Fsp3) is 0.647. The summed E-state index contributed by atoms with van der Waals surface area (Å²) in [6, 6.07) is 5.99. The summed E-state index contributed by atoms with van der Waals surface area (Å²) in [5.41, 5.74) is 1.17. The quantitative estimate of drug-likeness (QED) is 0.720. The van der Waals surface area contributed by atoms with E-state index >= 15 is 0 Å². The van der Waals surface area contributed by atoms with Gasteiger partial charge in [0.1, 0.15) is 0 Å². The average Bonchev–Trinajstić information content (AvgIpc) is 2.47. The number of aliphatic hydroxyl groups excluding tert-OH is 1. The number of rotatable bonds is 10. The van der Waals surface area contributed by atoms with Crippen molar-refractivity contribution in [2.24, 2.45) is 0 Å². The maximum Gasteiger partial charge on any atom is 0.161 e. The second-order valence-electron chi connectivity index (χ2n) is 5.37. The zero-order valence-electron chi connectivity index (χ0n) is 13.8. The number of nitrogens with zero attached hydrogens (tertiary/aromatic N) is 1. The van der Waals surface area contributed by atoms with Crippen molar-refractivity contribution in [1.82, 2.24) is 4.90 Å². The smallest absolute Gasteiger partial charge is 0.161 e. The number of hydrogen-bond donors (Lipinski definition) is 1. The third-order valence-corrected chi connectivity index (χ3v) is 3.48. The number of methoxy groups -OCH3 is 2. The molecule has 21 heavy (non-hydrogen) atoms. The Labute approximate surface area is 128 Å². The molecule has 4 heteroatoms. The van der Waals surface area contributed by atoms with Crippen molar-refractivity contribution >= 4 is 0 Å². The summed E-state index contributed by atoms with van der Waals surface area (Å²) >= 11 is 0. The fourth-order valence-corrected chi connectivity index (χ4v) is 2.51. The van der Waals surface area contributed by atoms with Crippen molar-refractivity contribution in [1.29, 1.82) is 0 Å². The molecule has 0 heterocycles. The van der Waals surface area contributed by atoms with E-state index in [9.17, 15) is 5.11 Å². The molecule has 0 radical (unpaired) electrons. The topological polar surface area (TPSA) is 41.9 Å². The Balaban J connectivity index is 2.73. The molecule has 0 bridgehead atoms. The monoisotopic (exact) mass is 295 g/mol. The first-order valence-electron chi connectivity index (χ1n) is 7.75. The van der Waals surface area contributed by atoms with E-state index in [0.29, 0.717) is 0 Å². The molecule has 4 nitrogen and oxygen atoms in total. The molecule has 0 aromatic heterocycles. The molecule has 0 amide bonds. The zero-order valence-corrected chi connectivity index (χ0v) is 13.8. The van der Waals surface area contributed by atoms with E-state index in [1.807, 2.05) is 12.1 Å². The number of benzene rings is 1. The Morgan fingerprint density at radius 2 is 1.81 bits per heavy atom. The van der Waals surface area contributed by atoms with Crippen LogP contribution in [0, 0.1) is 0 Å². The van der Waals surface area contributed by atoms with Gasteiger partial charge in [-0.25, -0.2) is 0 Å². The predicted octanol–water partition coefficient (Wildman–Crippen LogP) is 3.08. The lowest BCUT2D eigenvalue weighted by Crippen LogP contribution is -2.32. The van der Waals surface area contributed by atoms with Gasteiger partial charge in [0.25, 0.3) is 0 Å². The molecule has 0 spiro atoms. The lowest BCUT2D eigenvalue weighted by atomic mass is 10.1. The van der Waals surface area contributed by atoms with Crippen LogP contribution >= 0.6 is 0 Å². The summed E-state index contributed by atoms with van der Waals surface area (Å²) in [7, 11) is 3.29. The van der Waals surface area contributed by atoms with Crippen LogP contribution in [-0.4, -0.2) is 43.4 Å². The van der Waals surface area contributed by atoms with Crippen LogP contribution in [0.1, 0.15) is 38.7 Å². The van der Waals surface area contributed by atoms with Crippen LogP contribution in [0.15, 0.2) is 18.2 Å². The van der Waals surface area contributed by atoms with Gasteiger partial charge in [-0.3, -0.25) is 4.90 Å². The van der Waals surface area contributed by atoms with Gasteiger partial charge in [0.15, 0.2) is 11.5 Å². The third kappa shape index (κ3) is 5.94. The van der Waals surface area contributed by atoms with Gasteiger partial charge in [-0.2, -0.15) is 0 Å². The van der Waals surface area contributed by atoms with Gasteiger partial charge in [-0.05, 0) is 37.1 Å². The summed E-state index contributed by atoms with van der Waals surface area (Å²) in [6.45, 7) is 6.77. The molecule has 1 aromatic rings. The standard InChI is InChI=1S/C17H29NO3/c1-5-7-15(19)13-18(10-6-2)12-14-8-9-16(20-3)17(11-14)21-4/h8-9,11,15,19H,5-7,10,12-13H2,1-4H3. The van der Waals surface area contributed by atoms with Gasteiger partial charge in [-0.1, -0.05) is 26.3 Å². The normalized spacial score (nSPS) is 12.5. The number of hydrogen-bond acceptors (Lipinski definition) is 4. The molecule has 0 aliphatic rings. The number of aliphatic hydroxyl groups is 1. The molecule has 0 aliphatic carbocycles. The van der Waals surface area contributed by atoms with Crippen LogP contribution in [0.3, 0.4) is 0 Å². The van der Waals surface area contributed by atoms with E-state index in [1.54, 1.807) is 14.2 Å².